The van der Waals surface area contributed by atoms with Crippen molar-refractivity contribution in [3.8, 4) is 0 Å². The summed E-state index contributed by atoms with van der Waals surface area (Å²) in [7, 11) is -0.376. The van der Waals surface area contributed by atoms with Crippen LogP contribution in [0.25, 0.3) is 0 Å². The standard InChI is InChI=1S/C25H37BN2O3/c1-24(2)18-14-20(24)25(3)21(15-18)30-26(31-25)22(13-17-10-7-11-17)28-23(29)19(27)12-16-8-5-4-6-9-16/h4-6,8-9,17-22H,7,10-15,27H2,1-3H3,(H,28,29)/t18-,19-,20-,21+,22-,25-/m0/s1. The van der Waals surface area contributed by atoms with E-state index in [2.05, 4.69) is 26.1 Å². The van der Waals surface area contributed by atoms with Crippen molar-refractivity contribution in [3.05, 3.63) is 35.9 Å². The van der Waals surface area contributed by atoms with Crippen LogP contribution >= 0.6 is 0 Å². The molecule has 1 heterocycles. The third-order valence-corrected chi connectivity index (χ3v) is 9.07. The van der Waals surface area contributed by atoms with E-state index in [0.717, 1.165) is 24.3 Å². The third-order valence-electron chi connectivity index (χ3n) is 9.07. The number of benzene rings is 1. The zero-order valence-corrected chi connectivity index (χ0v) is 19.2. The molecule has 4 saturated carbocycles. The van der Waals surface area contributed by atoms with E-state index in [0.29, 0.717) is 23.7 Å². The van der Waals surface area contributed by atoms with E-state index in [-0.39, 0.29) is 30.7 Å². The summed E-state index contributed by atoms with van der Waals surface area (Å²) in [5.74, 6) is 1.64. The number of amides is 1. The van der Waals surface area contributed by atoms with Crippen molar-refractivity contribution in [2.75, 3.05) is 0 Å². The minimum absolute atomic E-state index is 0.106. The minimum atomic E-state index is -0.572. The number of nitrogens with one attached hydrogen (secondary N) is 1. The van der Waals surface area contributed by atoms with E-state index in [9.17, 15) is 4.79 Å². The van der Waals surface area contributed by atoms with Gasteiger partial charge in [0.15, 0.2) is 0 Å². The van der Waals surface area contributed by atoms with Crippen LogP contribution in [0, 0.1) is 23.2 Å². The number of hydrogen-bond donors (Lipinski definition) is 2. The van der Waals surface area contributed by atoms with Crippen LogP contribution in [-0.2, 0) is 20.5 Å². The molecule has 31 heavy (non-hydrogen) atoms. The Labute approximate surface area is 187 Å². The number of hydrogen-bond acceptors (Lipinski definition) is 4. The summed E-state index contributed by atoms with van der Waals surface area (Å²) in [5.41, 5.74) is 7.43. The highest BCUT2D eigenvalue weighted by molar-refractivity contribution is 6.47. The third kappa shape index (κ3) is 3.75. The normalized spacial score (nSPS) is 35.5. The molecule has 0 spiro atoms. The summed E-state index contributed by atoms with van der Waals surface area (Å²) in [6.45, 7) is 6.99. The lowest BCUT2D eigenvalue weighted by atomic mass is 9.43. The maximum absolute atomic E-state index is 13.0. The summed E-state index contributed by atoms with van der Waals surface area (Å²) < 4.78 is 13.2. The van der Waals surface area contributed by atoms with Crippen molar-refractivity contribution in [1.29, 1.82) is 0 Å². The molecule has 1 aromatic carbocycles. The summed E-state index contributed by atoms with van der Waals surface area (Å²) in [4.78, 5) is 13.0. The fourth-order valence-corrected chi connectivity index (χ4v) is 6.65. The lowest BCUT2D eigenvalue weighted by Crippen LogP contribution is -2.65. The van der Waals surface area contributed by atoms with Crippen LogP contribution in [0.15, 0.2) is 30.3 Å². The first-order chi connectivity index (χ1) is 14.8. The van der Waals surface area contributed by atoms with Gasteiger partial charge in [0.2, 0.25) is 5.91 Å². The zero-order valence-electron chi connectivity index (χ0n) is 19.2. The van der Waals surface area contributed by atoms with Gasteiger partial charge in [-0.05, 0) is 61.3 Å². The minimum Gasteiger partial charge on any atom is -0.404 e. The van der Waals surface area contributed by atoms with Crippen LogP contribution in [0.3, 0.4) is 0 Å². The van der Waals surface area contributed by atoms with Crippen LogP contribution in [0.2, 0.25) is 0 Å². The van der Waals surface area contributed by atoms with Crippen molar-refractivity contribution >= 4 is 13.0 Å². The van der Waals surface area contributed by atoms with E-state index < -0.39 is 6.04 Å². The van der Waals surface area contributed by atoms with Gasteiger partial charge in [0.25, 0.3) is 0 Å². The van der Waals surface area contributed by atoms with E-state index in [4.69, 9.17) is 15.0 Å². The van der Waals surface area contributed by atoms with Gasteiger partial charge in [-0.15, -0.1) is 0 Å². The van der Waals surface area contributed by atoms with Crippen molar-refractivity contribution in [1.82, 2.24) is 5.32 Å². The highest BCUT2D eigenvalue weighted by Crippen LogP contribution is 2.65. The molecule has 5 nitrogen and oxygen atoms in total. The highest BCUT2D eigenvalue weighted by Gasteiger charge is 2.68. The smallest absolute Gasteiger partial charge is 0.404 e. The SMILES string of the molecule is CC1(C)[C@@H]2C[C@H]3OB([C@H](CC4CCC4)NC(=O)[C@@H](N)Cc4ccccc4)O[C@@]3(C)[C@H]1C2. The number of carbonyl (C=O) groups excluding carboxylic acids is 1. The van der Waals surface area contributed by atoms with Crippen LogP contribution in [0.5, 0.6) is 0 Å². The fourth-order valence-electron chi connectivity index (χ4n) is 6.65. The summed E-state index contributed by atoms with van der Waals surface area (Å²) >= 11 is 0. The monoisotopic (exact) mass is 424 g/mol. The van der Waals surface area contributed by atoms with Gasteiger partial charge in [-0.3, -0.25) is 4.79 Å². The second kappa shape index (κ2) is 7.89. The molecule has 0 radical (unpaired) electrons. The predicted molar refractivity (Wildman–Crippen MR) is 122 cm³/mol. The first-order valence-electron chi connectivity index (χ1n) is 12.2. The molecule has 1 aromatic rings. The zero-order chi connectivity index (χ0) is 21.8. The molecule has 5 aliphatic rings. The molecule has 3 N–H and O–H groups in total. The van der Waals surface area contributed by atoms with Gasteiger partial charge in [-0.2, -0.15) is 0 Å². The van der Waals surface area contributed by atoms with E-state index in [1.165, 1.54) is 25.7 Å². The van der Waals surface area contributed by atoms with Gasteiger partial charge in [0.05, 0.1) is 23.7 Å². The lowest BCUT2D eigenvalue weighted by molar-refractivity contribution is -0.199. The molecule has 168 valence electrons. The second-order valence-corrected chi connectivity index (χ2v) is 11.3. The predicted octanol–water partition coefficient (Wildman–Crippen LogP) is 3.50. The number of carbonyl (C=O) groups is 1. The molecule has 4 aliphatic carbocycles. The molecule has 1 saturated heterocycles. The quantitative estimate of drug-likeness (QED) is 0.658. The van der Waals surface area contributed by atoms with E-state index in [1.807, 2.05) is 30.3 Å². The van der Waals surface area contributed by atoms with Crippen LogP contribution < -0.4 is 11.1 Å². The van der Waals surface area contributed by atoms with Gasteiger partial charge >= 0.3 is 7.12 Å². The van der Waals surface area contributed by atoms with Gasteiger partial charge in [0.1, 0.15) is 0 Å². The molecule has 0 unspecified atom stereocenters. The highest BCUT2D eigenvalue weighted by atomic mass is 16.7. The Kier molecular flexibility index (Phi) is 5.47. The molecule has 0 aromatic heterocycles. The molecule has 6 atom stereocenters. The molecule has 1 amide bonds. The Balaban J connectivity index is 1.27. The molecule has 6 rings (SSSR count). The van der Waals surface area contributed by atoms with Gasteiger partial charge in [-0.1, -0.05) is 63.4 Å². The second-order valence-electron chi connectivity index (χ2n) is 11.3. The number of nitrogens with two attached hydrogens (primary N) is 1. The van der Waals surface area contributed by atoms with Gasteiger partial charge in [0, 0.05) is 0 Å². The summed E-state index contributed by atoms with van der Waals surface area (Å²) in [5, 5.41) is 3.24. The maximum atomic E-state index is 13.0. The lowest BCUT2D eigenvalue weighted by Gasteiger charge is -2.64. The first kappa shape index (κ1) is 21.5. The average Bonchev–Trinajstić information content (AvgIpc) is 3.07. The summed E-state index contributed by atoms with van der Waals surface area (Å²) in [6, 6.07) is 9.40. The Hall–Kier alpha value is -1.37. The van der Waals surface area contributed by atoms with Crippen molar-refractivity contribution in [3.63, 3.8) is 0 Å². The Bertz CT molecular complexity index is 814. The Morgan fingerprint density at radius 3 is 2.61 bits per heavy atom. The van der Waals surface area contributed by atoms with Gasteiger partial charge in [-0.25, -0.2) is 0 Å². The molecule has 2 bridgehead atoms. The molecule has 6 heteroatoms. The van der Waals surface area contributed by atoms with Crippen LogP contribution in [-0.4, -0.2) is 36.7 Å². The van der Waals surface area contributed by atoms with E-state index in [1.54, 1.807) is 0 Å². The van der Waals surface area contributed by atoms with Crippen molar-refractivity contribution in [2.24, 2.45) is 28.9 Å². The van der Waals surface area contributed by atoms with E-state index >= 15 is 0 Å². The first-order valence-corrected chi connectivity index (χ1v) is 12.2. The summed E-state index contributed by atoms with van der Waals surface area (Å²) in [6.07, 6.45) is 7.62. The molecular formula is C25H37BN2O3. The molecule has 1 aliphatic heterocycles. The largest absolute Gasteiger partial charge is 0.481 e. The van der Waals surface area contributed by atoms with Crippen molar-refractivity contribution < 1.29 is 14.1 Å². The van der Waals surface area contributed by atoms with Crippen molar-refractivity contribution in [2.45, 2.75) is 89.4 Å². The Morgan fingerprint density at radius 2 is 1.97 bits per heavy atom. The van der Waals surface area contributed by atoms with Crippen LogP contribution in [0.4, 0.5) is 0 Å². The maximum Gasteiger partial charge on any atom is 0.481 e. The van der Waals surface area contributed by atoms with Crippen LogP contribution in [0.1, 0.15) is 64.9 Å². The Morgan fingerprint density at radius 1 is 1.23 bits per heavy atom. The molecular weight excluding hydrogens is 387 g/mol. The molecule has 5 fully saturated rings. The fraction of sp³-hybridized carbons (Fsp3) is 0.720. The topological polar surface area (TPSA) is 73.6 Å². The number of rotatable bonds is 7. The average molecular weight is 424 g/mol. The van der Waals surface area contributed by atoms with Gasteiger partial charge < -0.3 is 20.4 Å².